The van der Waals surface area contributed by atoms with Gasteiger partial charge in [-0.15, -0.1) is 0 Å². The zero-order chi connectivity index (χ0) is 22.8. The van der Waals surface area contributed by atoms with E-state index in [2.05, 4.69) is 10.0 Å². The fraction of sp³-hybridized carbons (Fsp3) is 0. The number of carbonyl (C=O) groups excluding carboxylic acids is 2. The molecule has 3 rings (SSSR count). The number of rotatable bonds is 6. The van der Waals surface area contributed by atoms with E-state index in [1.165, 1.54) is 18.2 Å². The van der Waals surface area contributed by atoms with Gasteiger partial charge in [-0.1, -0.05) is 12.1 Å². The van der Waals surface area contributed by atoms with Crippen molar-refractivity contribution >= 4 is 33.2 Å². The molecule has 0 unspecified atom stereocenters. The molecule has 0 spiro atoms. The van der Waals surface area contributed by atoms with Crippen LogP contribution in [0.25, 0.3) is 0 Å². The number of hydrogen-bond acceptors (Lipinski definition) is 4. The summed E-state index contributed by atoms with van der Waals surface area (Å²) in [5.41, 5.74) is 3.59. The Balaban J connectivity index is 1.80. The summed E-state index contributed by atoms with van der Waals surface area (Å²) in [6, 6.07) is 10.8. The minimum absolute atomic E-state index is 0.0609. The molecule has 31 heavy (non-hydrogen) atoms. The van der Waals surface area contributed by atoms with Gasteiger partial charge in [-0.2, -0.15) is 0 Å². The van der Waals surface area contributed by atoms with Gasteiger partial charge in [0, 0.05) is 11.6 Å². The number of primary amides is 1. The second kappa shape index (κ2) is 8.48. The highest BCUT2D eigenvalue weighted by Crippen LogP contribution is 2.22. The Bertz CT molecular complexity index is 1280. The fourth-order valence-electron chi connectivity index (χ4n) is 2.56. The summed E-state index contributed by atoms with van der Waals surface area (Å²) >= 11 is 0. The van der Waals surface area contributed by atoms with Crippen molar-refractivity contribution in [2.24, 2.45) is 5.73 Å². The minimum Gasteiger partial charge on any atom is -0.366 e. The van der Waals surface area contributed by atoms with Crippen LogP contribution in [0, 0.1) is 17.5 Å². The molecule has 3 aromatic rings. The van der Waals surface area contributed by atoms with Gasteiger partial charge in [0.1, 0.15) is 17.5 Å². The maximum absolute atomic E-state index is 13.9. The summed E-state index contributed by atoms with van der Waals surface area (Å²) in [5.74, 6) is -5.08. The van der Waals surface area contributed by atoms with Crippen molar-refractivity contribution in [2.45, 2.75) is 4.90 Å². The maximum atomic E-state index is 13.9. The van der Waals surface area contributed by atoms with E-state index in [-0.39, 0.29) is 16.1 Å². The van der Waals surface area contributed by atoms with Crippen LogP contribution >= 0.6 is 0 Å². The third kappa shape index (κ3) is 4.83. The monoisotopic (exact) mass is 449 g/mol. The molecule has 0 radical (unpaired) electrons. The van der Waals surface area contributed by atoms with E-state index in [1.807, 2.05) is 0 Å². The van der Waals surface area contributed by atoms with E-state index in [4.69, 9.17) is 5.73 Å². The van der Waals surface area contributed by atoms with Crippen molar-refractivity contribution < 1.29 is 31.2 Å². The zero-order valence-electron chi connectivity index (χ0n) is 15.5. The van der Waals surface area contributed by atoms with Gasteiger partial charge in [-0.05, 0) is 42.5 Å². The normalized spacial score (nSPS) is 11.1. The van der Waals surface area contributed by atoms with Crippen molar-refractivity contribution in [3.05, 3.63) is 89.2 Å². The van der Waals surface area contributed by atoms with Gasteiger partial charge in [0.2, 0.25) is 0 Å². The zero-order valence-corrected chi connectivity index (χ0v) is 16.3. The number of sulfonamides is 1. The summed E-state index contributed by atoms with van der Waals surface area (Å²) in [6.07, 6.45) is 0. The molecule has 7 nitrogen and oxygen atoms in total. The van der Waals surface area contributed by atoms with E-state index in [9.17, 15) is 31.2 Å². The molecule has 0 bridgehead atoms. The standard InChI is InChI=1S/C20H14F3N3O4S/c21-14-3-1-2-4-17(14)26-31(29,30)12-7-5-11(6-8-12)20(28)25-18-9-13(19(24)27)15(22)10-16(18)23/h1-10,26H,(H2,24,27)(H,25,28). The van der Waals surface area contributed by atoms with Crippen LogP contribution < -0.4 is 15.8 Å². The smallest absolute Gasteiger partial charge is 0.261 e. The predicted octanol–water partition coefficient (Wildman–Crippen LogP) is 3.26. The summed E-state index contributed by atoms with van der Waals surface area (Å²) in [7, 11) is -4.14. The number of nitrogens with two attached hydrogens (primary N) is 1. The largest absolute Gasteiger partial charge is 0.366 e. The van der Waals surface area contributed by atoms with Crippen molar-refractivity contribution in [2.75, 3.05) is 10.0 Å². The molecule has 0 fully saturated rings. The molecular formula is C20H14F3N3O4S. The first kappa shape index (κ1) is 21.8. The van der Waals surface area contributed by atoms with Crippen LogP contribution in [-0.4, -0.2) is 20.2 Å². The van der Waals surface area contributed by atoms with Crippen LogP contribution in [0.15, 0.2) is 65.6 Å². The molecule has 0 heterocycles. The minimum atomic E-state index is -4.14. The average Bonchev–Trinajstić information content (AvgIpc) is 2.71. The lowest BCUT2D eigenvalue weighted by atomic mass is 10.1. The lowest BCUT2D eigenvalue weighted by Gasteiger charge is -2.11. The van der Waals surface area contributed by atoms with Crippen LogP contribution in [0.2, 0.25) is 0 Å². The molecule has 11 heteroatoms. The topological polar surface area (TPSA) is 118 Å². The number of benzene rings is 3. The molecule has 160 valence electrons. The summed E-state index contributed by atoms with van der Waals surface area (Å²) in [6.45, 7) is 0. The molecule has 0 atom stereocenters. The summed E-state index contributed by atoms with van der Waals surface area (Å²) < 4.78 is 68.0. The molecule has 0 saturated heterocycles. The van der Waals surface area contributed by atoms with E-state index < -0.39 is 50.5 Å². The molecule has 0 aliphatic heterocycles. The Hall–Kier alpha value is -3.86. The van der Waals surface area contributed by atoms with Crippen molar-refractivity contribution in [3.8, 4) is 0 Å². The van der Waals surface area contributed by atoms with Gasteiger partial charge in [0.15, 0.2) is 0 Å². The summed E-state index contributed by atoms with van der Waals surface area (Å²) in [5, 5.41) is 2.15. The third-order valence-corrected chi connectivity index (χ3v) is 5.50. The molecule has 0 saturated carbocycles. The number of nitrogens with one attached hydrogen (secondary N) is 2. The van der Waals surface area contributed by atoms with E-state index in [1.54, 1.807) is 0 Å². The fourth-order valence-corrected chi connectivity index (χ4v) is 3.63. The number of anilines is 2. The van der Waals surface area contributed by atoms with Crippen LogP contribution in [0.4, 0.5) is 24.5 Å². The molecule has 0 aromatic heterocycles. The Morgan fingerprint density at radius 3 is 2.06 bits per heavy atom. The second-order valence-electron chi connectivity index (χ2n) is 6.24. The maximum Gasteiger partial charge on any atom is 0.261 e. The molecule has 2 amide bonds. The highest BCUT2D eigenvalue weighted by Gasteiger charge is 2.19. The predicted molar refractivity (Wildman–Crippen MR) is 106 cm³/mol. The van der Waals surface area contributed by atoms with Gasteiger partial charge in [-0.25, -0.2) is 21.6 Å². The Morgan fingerprint density at radius 1 is 0.806 bits per heavy atom. The van der Waals surface area contributed by atoms with E-state index in [0.717, 1.165) is 36.4 Å². The summed E-state index contributed by atoms with van der Waals surface area (Å²) in [4.78, 5) is 23.3. The van der Waals surface area contributed by atoms with Crippen LogP contribution in [0.3, 0.4) is 0 Å². The van der Waals surface area contributed by atoms with Crippen molar-refractivity contribution in [3.63, 3.8) is 0 Å². The quantitative estimate of drug-likeness (QED) is 0.535. The SMILES string of the molecule is NC(=O)c1cc(NC(=O)c2ccc(S(=O)(=O)Nc3ccccc3F)cc2)c(F)cc1F. The van der Waals surface area contributed by atoms with Crippen molar-refractivity contribution in [1.29, 1.82) is 0 Å². The van der Waals surface area contributed by atoms with Crippen molar-refractivity contribution in [1.82, 2.24) is 0 Å². The lowest BCUT2D eigenvalue weighted by molar-refractivity contribution is 0.0992. The number of para-hydroxylation sites is 1. The van der Waals surface area contributed by atoms with Gasteiger partial charge < -0.3 is 11.1 Å². The van der Waals surface area contributed by atoms with Crippen LogP contribution in [-0.2, 0) is 10.0 Å². The highest BCUT2D eigenvalue weighted by molar-refractivity contribution is 7.92. The highest BCUT2D eigenvalue weighted by atomic mass is 32.2. The Labute approximate surface area is 174 Å². The third-order valence-electron chi connectivity index (χ3n) is 4.12. The van der Waals surface area contributed by atoms with Gasteiger partial charge >= 0.3 is 0 Å². The molecule has 4 N–H and O–H groups in total. The second-order valence-corrected chi connectivity index (χ2v) is 7.92. The van der Waals surface area contributed by atoms with Gasteiger partial charge in [0.05, 0.1) is 21.8 Å². The van der Waals surface area contributed by atoms with E-state index >= 15 is 0 Å². The molecule has 0 aliphatic rings. The first-order chi connectivity index (χ1) is 14.6. The van der Waals surface area contributed by atoms with Gasteiger partial charge in [0.25, 0.3) is 21.8 Å². The Kier molecular flexibility index (Phi) is 5.97. The first-order valence-electron chi connectivity index (χ1n) is 8.56. The number of amides is 2. The van der Waals surface area contributed by atoms with Crippen LogP contribution in [0.1, 0.15) is 20.7 Å². The average molecular weight is 449 g/mol. The van der Waals surface area contributed by atoms with Crippen LogP contribution in [0.5, 0.6) is 0 Å². The lowest BCUT2D eigenvalue weighted by Crippen LogP contribution is -2.17. The van der Waals surface area contributed by atoms with Gasteiger partial charge in [-0.3, -0.25) is 14.3 Å². The number of halogens is 3. The molecule has 0 aliphatic carbocycles. The first-order valence-corrected chi connectivity index (χ1v) is 10.0. The molecule has 3 aromatic carbocycles. The number of hydrogen-bond donors (Lipinski definition) is 3. The Morgan fingerprint density at radius 2 is 1.45 bits per heavy atom. The number of carbonyl (C=O) groups is 2. The molecular weight excluding hydrogens is 435 g/mol. The van der Waals surface area contributed by atoms with E-state index in [0.29, 0.717) is 6.07 Å².